The van der Waals surface area contributed by atoms with Crippen molar-refractivity contribution in [2.24, 2.45) is 0 Å². The van der Waals surface area contributed by atoms with Crippen molar-refractivity contribution in [1.82, 2.24) is 0 Å². The topological polar surface area (TPSA) is 60.4 Å². The predicted molar refractivity (Wildman–Crippen MR) is 87.5 cm³/mol. The number of hydrogen-bond donors (Lipinski definition) is 0. The normalized spacial score (nSPS) is 15.6. The van der Waals surface area contributed by atoms with Crippen molar-refractivity contribution in [3.8, 4) is 0 Å². The van der Waals surface area contributed by atoms with Crippen LogP contribution in [-0.2, 0) is 19.1 Å². The van der Waals surface area contributed by atoms with Crippen molar-refractivity contribution in [3.63, 3.8) is 0 Å². The van der Waals surface area contributed by atoms with E-state index in [0.29, 0.717) is 5.57 Å². The number of allylic oxidation sites excluding steroid dienone is 4. The maximum absolute atomic E-state index is 12.6. The first-order valence-electron chi connectivity index (χ1n) is 7.38. The number of rotatable bonds is 5. The molecular weight excluding hydrogens is 292 g/mol. The molecule has 0 radical (unpaired) electrons. The van der Waals surface area contributed by atoms with Gasteiger partial charge in [0, 0.05) is 5.57 Å². The SMILES string of the molecule is CCOC1=C(C(=O)/C(C)=C/c2ccccc2)C(=O)C=C(C)C1=O. The number of Topliss-reactive ketones (excluding diaryl/α,β-unsaturated/α-hetero) is 2. The Kier molecular flexibility index (Phi) is 5.06. The lowest BCUT2D eigenvalue weighted by atomic mass is 9.90. The molecule has 0 aliphatic heterocycles. The summed E-state index contributed by atoms with van der Waals surface area (Å²) in [5.41, 5.74) is 1.31. The second kappa shape index (κ2) is 7.01. The predicted octanol–water partition coefficient (Wildman–Crippen LogP) is 3.05. The van der Waals surface area contributed by atoms with Crippen LogP contribution in [0.25, 0.3) is 6.08 Å². The Balaban J connectivity index is 2.44. The molecule has 0 aromatic heterocycles. The second-order valence-corrected chi connectivity index (χ2v) is 5.23. The van der Waals surface area contributed by atoms with Gasteiger partial charge in [-0.3, -0.25) is 14.4 Å². The molecule has 0 amide bonds. The fraction of sp³-hybridized carbons (Fsp3) is 0.211. The monoisotopic (exact) mass is 310 g/mol. The van der Waals surface area contributed by atoms with E-state index in [1.165, 1.54) is 13.0 Å². The first-order chi connectivity index (χ1) is 11.0. The van der Waals surface area contributed by atoms with Crippen molar-refractivity contribution in [2.75, 3.05) is 6.61 Å². The average Bonchev–Trinajstić information content (AvgIpc) is 2.53. The van der Waals surface area contributed by atoms with Crippen molar-refractivity contribution in [3.05, 3.63) is 64.4 Å². The van der Waals surface area contributed by atoms with E-state index in [1.54, 1.807) is 19.9 Å². The van der Waals surface area contributed by atoms with Gasteiger partial charge in [0.15, 0.2) is 17.3 Å². The van der Waals surface area contributed by atoms with E-state index in [1.807, 2.05) is 30.3 Å². The molecule has 23 heavy (non-hydrogen) atoms. The molecule has 0 atom stereocenters. The zero-order chi connectivity index (χ0) is 17.0. The maximum Gasteiger partial charge on any atom is 0.224 e. The van der Waals surface area contributed by atoms with Crippen LogP contribution >= 0.6 is 0 Å². The molecule has 118 valence electrons. The van der Waals surface area contributed by atoms with Gasteiger partial charge in [-0.25, -0.2) is 0 Å². The molecule has 0 unspecified atom stereocenters. The molecule has 1 aromatic rings. The maximum atomic E-state index is 12.6. The lowest BCUT2D eigenvalue weighted by molar-refractivity contribution is -0.122. The minimum Gasteiger partial charge on any atom is -0.489 e. The van der Waals surface area contributed by atoms with Crippen LogP contribution in [0.3, 0.4) is 0 Å². The molecule has 4 heteroatoms. The molecule has 1 aromatic carbocycles. The smallest absolute Gasteiger partial charge is 0.224 e. The highest BCUT2D eigenvalue weighted by atomic mass is 16.5. The highest BCUT2D eigenvalue weighted by Gasteiger charge is 2.32. The quantitative estimate of drug-likeness (QED) is 0.476. The Morgan fingerprint density at radius 2 is 1.83 bits per heavy atom. The van der Waals surface area contributed by atoms with Gasteiger partial charge in [0.05, 0.1) is 6.61 Å². The third kappa shape index (κ3) is 3.54. The first-order valence-corrected chi connectivity index (χ1v) is 7.38. The zero-order valence-corrected chi connectivity index (χ0v) is 13.4. The summed E-state index contributed by atoms with van der Waals surface area (Å²) in [6, 6.07) is 9.30. The molecule has 1 aliphatic rings. The Bertz CT molecular complexity index is 749. The van der Waals surface area contributed by atoms with Gasteiger partial charge in [0.1, 0.15) is 5.57 Å². The lowest BCUT2D eigenvalue weighted by Gasteiger charge is -2.16. The second-order valence-electron chi connectivity index (χ2n) is 5.23. The number of carbonyl (C=O) groups excluding carboxylic acids is 3. The van der Waals surface area contributed by atoms with E-state index < -0.39 is 17.3 Å². The van der Waals surface area contributed by atoms with Gasteiger partial charge in [-0.15, -0.1) is 0 Å². The lowest BCUT2D eigenvalue weighted by Crippen LogP contribution is -2.25. The standard InChI is InChI=1S/C19H18O4/c1-4-23-19-16(15(20)11-13(3)18(19)22)17(21)12(2)10-14-8-6-5-7-9-14/h5-11H,4H2,1-3H3/b12-10+. The summed E-state index contributed by atoms with van der Waals surface area (Å²) in [6.07, 6.45) is 2.87. The van der Waals surface area contributed by atoms with Crippen LogP contribution in [0.15, 0.2) is 58.9 Å². The highest BCUT2D eigenvalue weighted by molar-refractivity contribution is 6.36. The third-order valence-electron chi connectivity index (χ3n) is 3.44. The summed E-state index contributed by atoms with van der Waals surface area (Å²) >= 11 is 0. The van der Waals surface area contributed by atoms with Gasteiger partial charge in [0.2, 0.25) is 5.78 Å². The van der Waals surface area contributed by atoms with Gasteiger partial charge in [0.25, 0.3) is 0 Å². The van der Waals surface area contributed by atoms with Gasteiger partial charge < -0.3 is 4.74 Å². The summed E-state index contributed by atoms with van der Waals surface area (Å²) < 4.78 is 5.29. The summed E-state index contributed by atoms with van der Waals surface area (Å²) in [5.74, 6) is -1.54. The van der Waals surface area contributed by atoms with Crippen LogP contribution < -0.4 is 0 Å². The van der Waals surface area contributed by atoms with Crippen LogP contribution in [0.2, 0.25) is 0 Å². The fourth-order valence-corrected chi connectivity index (χ4v) is 2.30. The summed E-state index contributed by atoms with van der Waals surface area (Å²) in [5, 5.41) is 0. The summed E-state index contributed by atoms with van der Waals surface area (Å²) in [7, 11) is 0. The Morgan fingerprint density at radius 1 is 1.17 bits per heavy atom. The van der Waals surface area contributed by atoms with E-state index in [9.17, 15) is 14.4 Å². The average molecular weight is 310 g/mol. The Labute approximate surface area is 135 Å². The van der Waals surface area contributed by atoms with E-state index >= 15 is 0 Å². The number of ketones is 3. The molecule has 0 fully saturated rings. The van der Waals surface area contributed by atoms with Gasteiger partial charge in [-0.1, -0.05) is 30.3 Å². The number of hydrogen-bond acceptors (Lipinski definition) is 4. The van der Waals surface area contributed by atoms with Crippen molar-refractivity contribution in [2.45, 2.75) is 20.8 Å². The van der Waals surface area contributed by atoms with Gasteiger partial charge in [-0.2, -0.15) is 0 Å². The molecule has 1 aliphatic carbocycles. The van der Waals surface area contributed by atoms with Crippen molar-refractivity contribution < 1.29 is 19.1 Å². The fourth-order valence-electron chi connectivity index (χ4n) is 2.30. The number of ether oxygens (including phenoxy) is 1. The van der Waals surface area contributed by atoms with Crippen LogP contribution in [-0.4, -0.2) is 24.0 Å². The van der Waals surface area contributed by atoms with Crippen molar-refractivity contribution in [1.29, 1.82) is 0 Å². The Hall–Kier alpha value is -2.75. The molecule has 0 saturated carbocycles. The molecule has 0 spiro atoms. The highest BCUT2D eigenvalue weighted by Crippen LogP contribution is 2.24. The molecular formula is C19H18O4. The van der Waals surface area contributed by atoms with E-state index in [4.69, 9.17) is 4.74 Å². The third-order valence-corrected chi connectivity index (χ3v) is 3.44. The minimum atomic E-state index is -0.489. The molecule has 2 rings (SSSR count). The number of benzene rings is 1. The molecule has 0 heterocycles. The zero-order valence-electron chi connectivity index (χ0n) is 13.4. The minimum absolute atomic E-state index is 0.150. The molecule has 0 saturated heterocycles. The van der Waals surface area contributed by atoms with Crippen LogP contribution in [0.1, 0.15) is 26.3 Å². The summed E-state index contributed by atoms with van der Waals surface area (Å²) in [6.45, 7) is 5.06. The van der Waals surface area contributed by atoms with Crippen molar-refractivity contribution >= 4 is 23.4 Å². The summed E-state index contributed by atoms with van der Waals surface area (Å²) in [4.78, 5) is 37.0. The van der Waals surface area contributed by atoms with Crippen LogP contribution in [0.4, 0.5) is 0 Å². The van der Waals surface area contributed by atoms with Gasteiger partial charge in [-0.05, 0) is 44.1 Å². The Morgan fingerprint density at radius 3 is 2.43 bits per heavy atom. The van der Waals surface area contributed by atoms with E-state index in [-0.39, 0.29) is 23.5 Å². The van der Waals surface area contributed by atoms with Crippen LogP contribution in [0.5, 0.6) is 0 Å². The molecule has 0 N–H and O–H groups in total. The molecule has 4 nitrogen and oxygen atoms in total. The van der Waals surface area contributed by atoms with E-state index in [2.05, 4.69) is 0 Å². The number of carbonyl (C=O) groups is 3. The molecule has 0 bridgehead atoms. The first kappa shape index (κ1) is 16.6. The van der Waals surface area contributed by atoms with Gasteiger partial charge >= 0.3 is 0 Å². The largest absolute Gasteiger partial charge is 0.489 e. The van der Waals surface area contributed by atoms with Crippen LogP contribution in [0, 0.1) is 0 Å². The van der Waals surface area contributed by atoms with E-state index in [0.717, 1.165) is 5.56 Å².